The summed E-state index contributed by atoms with van der Waals surface area (Å²) in [4.78, 5) is 13.8. The van der Waals surface area contributed by atoms with Crippen molar-refractivity contribution in [3.05, 3.63) is 29.4 Å². The quantitative estimate of drug-likeness (QED) is 0.801. The van der Waals surface area contributed by atoms with Crippen LogP contribution in [0.2, 0.25) is 5.02 Å². The van der Waals surface area contributed by atoms with Gasteiger partial charge in [-0.1, -0.05) is 11.6 Å². The smallest absolute Gasteiger partial charge is 0.147 e. The molecule has 0 amide bonds. The lowest BCUT2D eigenvalue weighted by Crippen LogP contribution is -2.29. The third kappa shape index (κ3) is 2.80. The number of anilines is 1. The minimum atomic E-state index is 0.700. The van der Waals surface area contributed by atoms with E-state index in [0.29, 0.717) is 5.02 Å². The summed E-state index contributed by atoms with van der Waals surface area (Å²) >= 11 is 5.96. The summed E-state index contributed by atoms with van der Waals surface area (Å²) in [5, 5.41) is 0.700. The van der Waals surface area contributed by atoms with Crippen LogP contribution in [0.1, 0.15) is 6.42 Å². The number of benzene rings is 1. The minimum absolute atomic E-state index is 0.700. The fraction of sp³-hybridized carbons (Fsp3) is 0.429. The van der Waals surface area contributed by atoms with Gasteiger partial charge >= 0.3 is 0 Å². The van der Waals surface area contributed by atoms with Crippen molar-refractivity contribution in [2.75, 3.05) is 38.1 Å². The van der Waals surface area contributed by atoms with Crippen molar-refractivity contribution in [2.45, 2.75) is 6.42 Å². The molecule has 0 atom stereocenters. The number of nitrogens with zero attached hydrogens (tertiary/aromatic N) is 4. The maximum absolute atomic E-state index is 5.96. The molecular formula is C14H17ClN4. The first kappa shape index (κ1) is 12.6. The third-order valence-electron chi connectivity index (χ3n) is 3.54. The summed E-state index contributed by atoms with van der Waals surface area (Å²) in [6.45, 7) is 4.26. The van der Waals surface area contributed by atoms with Crippen molar-refractivity contribution in [2.24, 2.45) is 0 Å². The summed E-state index contributed by atoms with van der Waals surface area (Å²) < 4.78 is 0. The Morgan fingerprint density at radius 3 is 2.89 bits per heavy atom. The lowest BCUT2D eigenvalue weighted by Gasteiger charge is -2.21. The number of halogens is 1. The molecule has 1 aromatic carbocycles. The van der Waals surface area contributed by atoms with E-state index in [1.165, 1.54) is 0 Å². The predicted octanol–water partition coefficient (Wildman–Crippen LogP) is 2.43. The van der Waals surface area contributed by atoms with Gasteiger partial charge in [0, 0.05) is 24.7 Å². The van der Waals surface area contributed by atoms with Gasteiger partial charge in [-0.15, -0.1) is 0 Å². The normalized spacial score (nSPS) is 17.7. The van der Waals surface area contributed by atoms with E-state index in [1.807, 2.05) is 24.4 Å². The minimum Gasteiger partial charge on any atom is -0.354 e. The molecule has 0 saturated carbocycles. The van der Waals surface area contributed by atoms with Crippen molar-refractivity contribution < 1.29 is 0 Å². The Morgan fingerprint density at radius 2 is 2.00 bits per heavy atom. The van der Waals surface area contributed by atoms with Crippen LogP contribution in [0.3, 0.4) is 0 Å². The fourth-order valence-corrected chi connectivity index (χ4v) is 2.57. The van der Waals surface area contributed by atoms with Gasteiger partial charge in [-0.3, -0.25) is 4.98 Å². The Morgan fingerprint density at radius 1 is 1.11 bits per heavy atom. The van der Waals surface area contributed by atoms with E-state index in [1.54, 1.807) is 0 Å². The van der Waals surface area contributed by atoms with Crippen LogP contribution >= 0.6 is 11.6 Å². The molecule has 19 heavy (non-hydrogen) atoms. The topological polar surface area (TPSA) is 32.3 Å². The average Bonchev–Trinajstić information content (AvgIpc) is 2.63. The first-order chi connectivity index (χ1) is 9.22. The molecule has 1 fully saturated rings. The van der Waals surface area contributed by atoms with E-state index in [0.717, 1.165) is 49.5 Å². The van der Waals surface area contributed by atoms with E-state index in [4.69, 9.17) is 16.6 Å². The summed E-state index contributed by atoms with van der Waals surface area (Å²) in [6.07, 6.45) is 3.01. The number of likely N-dealkylation sites (N-methyl/N-ethyl adjacent to an activating group) is 1. The highest BCUT2D eigenvalue weighted by molar-refractivity contribution is 6.31. The van der Waals surface area contributed by atoms with Gasteiger partial charge in [-0.25, -0.2) is 4.98 Å². The van der Waals surface area contributed by atoms with Crippen LogP contribution in [0.5, 0.6) is 0 Å². The lowest BCUT2D eigenvalue weighted by atomic mass is 10.3. The Kier molecular flexibility index (Phi) is 3.53. The zero-order valence-corrected chi connectivity index (χ0v) is 11.8. The Bertz CT molecular complexity index is 587. The van der Waals surface area contributed by atoms with Crippen LogP contribution in [-0.2, 0) is 0 Å². The maximum Gasteiger partial charge on any atom is 0.147 e. The highest BCUT2D eigenvalue weighted by atomic mass is 35.5. The van der Waals surface area contributed by atoms with Crippen LogP contribution in [-0.4, -0.2) is 48.1 Å². The standard InChI is InChI=1S/C14H17ClN4/c1-18-5-2-6-19(8-7-18)14-10-16-13-9-11(15)3-4-12(13)17-14/h3-4,9-10H,2,5-8H2,1H3. The molecule has 2 heterocycles. The molecule has 1 aliphatic rings. The highest BCUT2D eigenvalue weighted by Gasteiger charge is 2.14. The summed E-state index contributed by atoms with van der Waals surface area (Å²) in [7, 11) is 2.16. The average molecular weight is 277 g/mol. The van der Waals surface area contributed by atoms with Crippen LogP contribution in [0.15, 0.2) is 24.4 Å². The molecule has 5 heteroatoms. The van der Waals surface area contributed by atoms with Gasteiger partial charge in [0.2, 0.25) is 0 Å². The van der Waals surface area contributed by atoms with Gasteiger partial charge in [-0.05, 0) is 38.2 Å². The van der Waals surface area contributed by atoms with E-state index >= 15 is 0 Å². The zero-order valence-electron chi connectivity index (χ0n) is 11.0. The lowest BCUT2D eigenvalue weighted by molar-refractivity contribution is 0.360. The first-order valence-corrected chi connectivity index (χ1v) is 6.96. The number of fused-ring (bicyclic) bond motifs is 1. The fourth-order valence-electron chi connectivity index (χ4n) is 2.40. The maximum atomic E-state index is 5.96. The first-order valence-electron chi connectivity index (χ1n) is 6.58. The van der Waals surface area contributed by atoms with Gasteiger partial charge in [0.15, 0.2) is 0 Å². The predicted molar refractivity (Wildman–Crippen MR) is 78.9 cm³/mol. The van der Waals surface area contributed by atoms with Crippen molar-refractivity contribution in [3.63, 3.8) is 0 Å². The zero-order chi connectivity index (χ0) is 13.2. The third-order valence-corrected chi connectivity index (χ3v) is 3.77. The van der Waals surface area contributed by atoms with Crippen LogP contribution in [0.4, 0.5) is 5.82 Å². The van der Waals surface area contributed by atoms with E-state index < -0.39 is 0 Å². The van der Waals surface area contributed by atoms with Gasteiger partial charge in [0.05, 0.1) is 17.2 Å². The SMILES string of the molecule is CN1CCCN(c2cnc3cc(Cl)ccc3n2)CC1. The molecule has 1 aliphatic heterocycles. The van der Waals surface area contributed by atoms with Gasteiger partial charge in [0.1, 0.15) is 5.82 Å². The number of hydrogen-bond acceptors (Lipinski definition) is 4. The van der Waals surface area contributed by atoms with Crippen LogP contribution in [0, 0.1) is 0 Å². The molecular weight excluding hydrogens is 260 g/mol. The largest absolute Gasteiger partial charge is 0.354 e. The van der Waals surface area contributed by atoms with E-state index in [9.17, 15) is 0 Å². The van der Waals surface area contributed by atoms with Crippen LogP contribution < -0.4 is 4.90 Å². The Balaban J connectivity index is 1.90. The van der Waals surface area contributed by atoms with Crippen molar-refractivity contribution in [3.8, 4) is 0 Å². The molecule has 0 spiro atoms. The molecule has 3 rings (SSSR count). The Labute approximate surface area is 118 Å². The Hall–Kier alpha value is -1.39. The molecule has 1 saturated heterocycles. The molecule has 0 N–H and O–H groups in total. The molecule has 4 nitrogen and oxygen atoms in total. The van der Waals surface area contributed by atoms with Gasteiger partial charge < -0.3 is 9.80 Å². The van der Waals surface area contributed by atoms with Crippen molar-refractivity contribution >= 4 is 28.5 Å². The second-order valence-corrected chi connectivity index (χ2v) is 5.44. The second-order valence-electron chi connectivity index (χ2n) is 5.01. The highest BCUT2D eigenvalue weighted by Crippen LogP contribution is 2.19. The second kappa shape index (κ2) is 5.31. The number of rotatable bonds is 1. The van der Waals surface area contributed by atoms with E-state index in [2.05, 4.69) is 21.8 Å². The molecule has 1 aromatic heterocycles. The molecule has 2 aromatic rings. The summed E-state index contributed by atoms with van der Waals surface area (Å²) in [5.74, 6) is 0.963. The molecule has 0 bridgehead atoms. The molecule has 100 valence electrons. The monoisotopic (exact) mass is 276 g/mol. The van der Waals surface area contributed by atoms with Crippen molar-refractivity contribution in [1.29, 1.82) is 0 Å². The van der Waals surface area contributed by atoms with Crippen LogP contribution in [0.25, 0.3) is 11.0 Å². The van der Waals surface area contributed by atoms with Gasteiger partial charge in [0.25, 0.3) is 0 Å². The number of aromatic nitrogens is 2. The summed E-state index contributed by atoms with van der Waals surface area (Å²) in [5.41, 5.74) is 1.75. The molecule has 0 aliphatic carbocycles. The van der Waals surface area contributed by atoms with E-state index in [-0.39, 0.29) is 0 Å². The molecule has 0 radical (unpaired) electrons. The number of hydrogen-bond donors (Lipinski definition) is 0. The molecule has 0 unspecified atom stereocenters. The van der Waals surface area contributed by atoms with Crippen molar-refractivity contribution in [1.82, 2.24) is 14.9 Å². The van der Waals surface area contributed by atoms with Gasteiger partial charge in [-0.2, -0.15) is 0 Å². The summed E-state index contributed by atoms with van der Waals surface area (Å²) in [6, 6.07) is 5.64.